The van der Waals surface area contributed by atoms with Crippen LogP contribution in [0.2, 0.25) is 0 Å². The first kappa shape index (κ1) is 8.30. The Morgan fingerprint density at radius 2 is 2.00 bits per heavy atom. The lowest BCUT2D eigenvalue weighted by Crippen LogP contribution is -2.21. The average molecular weight is 130 g/mol. The van der Waals surface area contributed by atoms with E-state index < -0.39 is 12.0 Å². The Balaban J connectivity index is 3.77. The lowest BCUT2D eigenvalue weighted by atomic mass is 10.0. The topological polar surface area (TPSA) is 54.4 Å². The van der Waals surface area contributed by atoms with Gasteiger partial charge in [0, 0.05) is 5.92 Å². The average Bonchev–Trinajstić information content (AvgIpc) is 1.90. The van der Waals surface area contributed by atoms with Crippen LogP contribution in [0.3, 0.4) is 0 Å². The second-order valence-corrected chi connectivity index (χ2v) is 1.83. The zero-order chi connectivity index (χ0) is 7.28. The summed E-state index contributed by atoms with van der Waals surface area (Å²) >= 11 is 0. The highest BCUT2D eigenvalue weighted by Gasteiger charge is 2.14. The quantitative estimate of drug-likeness (QED) is 0.535. The summed E-state index contributed by atoms with van der Waals surface area (Å²) in [5.41, 5.74) is 0. The van der Waals surface area contributed by atoms with Crippen molar-refractivity contribution in [2.45, 2.75) is 19.4 Å². The van der Waals surface area contributed by atoms with Crippen molar-refractivity contribution in [3.63, 3.8) is 0 Å². The molecule has 3 nitrogen and oxygen atoms in total. The molecule has 9 heavy (non-hydrogen) atoms. The third-order valence-electron chi connectivity index (χ3n) is 1.22. The Morgan fingerprint density at radius 3 is 2.11 bits per heavy atom. The number of hydrogen-bond acceptors (Lipinski definition) is 3. The van der Waals surface area contributed by atoms with Gasteiger partial charge in [-0.3, -0.25) is 0 Å². The lowest BCUT2D eigenvalue weighted by molar-refractivity contribution is -0.123. The third kappa shape index (κ3) is 2.37. The summed E-state index contributed by atoms with van der Waals surface area (Å²) in [5, 5.41) is 8.72. The molecule has 2 unspecified atom stereocenters. The number of aliphatic hydroxyl groups excluding tert-OH is 1. The first-order valence-electron chi connectivity index (χ1n) is 2.84. The number of carbonyl (C=O) groups excluding carboxylic acids is 2. The van der Waals surface area contributed by atoms with E-state index in [2.05, 4.69) is 0 Å². The van der Waals surface area contributed by atoms with Crippen molar-refractivity contribution in [2.75, 3.05) is 0 Å². The first-order valence-corrected chi connectivity index (χ1v) is 2.84. The number of aldehydes is 2. The van der Waals surface area contributed by atoms with E-state index in [4.69, 9.17) is 5.11 Å². The maximum absolute atomic E-state index is 10.0. The molecule has 0 bridgehead atoms. The van der Waals surface area contributed by atoms with Gasteiger partial charge in [0.05, 0.1) is 0 Å². The molecule has 0 aromatic heterocycles. The van der Waals surface area contributed by atoms with Crippen LogP contribution >= 0.6 is 0 Å². The maximum atomic E-state index is 10.0. The Hall–Kier alpha value is -0.700. The van der Waals surface area contributed by atoms with Gasteiger partial charge in [-0.05, 0) is 6.42 Å². The summed E-state index contributed by atoms with van der Waals surface area (Å²) in [5.74, 6) is -0.525. The molecule has 0 amide bonds. The van der Waals surface area contributed by atoms with Gasteiger partial charge in [-0.2, -0.15) is 0 Å². The number of hydrogen-bond donors (Lipinski definition) is 1. The summed E-state index contributed by atoms with van der Waals surface area (Å²) in [6.45, 7) is 1.74. The smallest absolute Gasteiger partial charge is 0.149 e. The summed E-state index contributed by atoms with van der Waals surface area (Å²) in [4.78, 5) is 19.9. The molecule has 0 aromatic carbocycles. The molecule has 1 N–H and O–H groups in total. The van der Waals surface area contributed by atoms with E-state index in [1.165, 1.54) is 0 Å². The van der Waals surface area contributed by atoms with Gasteiger partial charge in [-0.1, -0.05) is 6.92 Å². The number of aliphatic hydroxyl groups is 1. The number of rotatable bonds is 4. The summed E-state index contributed by atoms with van der Waals surface area (Å²) < 4.78 is 0. The van der Waals surface area contributed by atoms with Crippen molar-refractivity contribution in [1.29, 1.82) is 0 Å². The highest BCUT2D eigenvalue weighted by molar-refractivity contribution is 5.66. The minimum atomic E-state index is -1.12. The molecular formula is C6H10O3. The molecule has 0 rings (SSSR count). The second kappa shape index (κ2) is 4.21. The van der Waals surface area contributed by atoms with Gasteiger partial charge in [0.2, 0.25) is 0 Å². The Bertz CT molecular complexity index is 100. The number of carbonyl (C=O) groups is 2. The van der Waals surface area contributed by atoms with Gasteiger partial charge >= 0.3 is 0 Å². The van der Waals surface area contributed by atoms with E-state index in [1.54, 1.807) is 6.92 Å². The maximum Gasteiger partial charge on any atom is 0.149 e. The first-order chi connectivity index (χ1) is 4.26. The molecule has 0 saturated heterocycles. The van der Waals surface area contributed by atoms with Gasteiger partial charge in [0.15, 0.2) is 0 Å². The van der Waals surface area contributed by atoms with Gasteiger partial charge in [0.1, 0.15) is 18.7 Å². The molecule has 0 spiro atoms. The van der Waals surface area contributed by atoms with E-state index >= 15 is 0 Å². The van der Waals surface area contributed by atoms with E-state index in [9.17, 15) is 9.59 Å². The van der Waals surface area contributed by atoms with Crippen LogP contribution in [0.4, 0.5) is 0 Å². The van der Waals surface area contributed by atoms with E-state index in [1.807, 2.05) is 0 Å². The van der Waals surface area contributed by atoms with Crippen molar-refractivity contribution in [3.05, 3.63) is 0 Å². The minimum absolute atomic E-state index is 0.378. The molecule has 0 radical (unpaired) electrons. The summed E-state index contributed by atoms with van der Waals surface area (Å²) in [7, 11) is 0. The largest absolute Gasteiger partial charge is 0.385 e. The van der Waals surface area contributed by atoms with Crippen molar-refractivity contribution in [2.24, 2.45) is 5.92 Å². The van der Waals surface area contributed by atoms with Crippen molar-refractivity contribution < 1.29 is 14.7 Å². The van der Waals surface area contributed by atoms with Crippen LogP contribution in [0.5, 0.6) is 0 Å². The monoisotopic (exact) mass is 130 g/mol. The fourth-order valence-corrected chi connectivity index (χ4v) is 0.519. The third-order valence-corrected chi connectivity index (χ3v) is 1.22. The Labute approximate surface area is 53.7 Å². The van der Waals surface area contributed by atoms with Crippen LogP contribution in [-0.4, -0.2) is 23.8 Å². The molecule has 0 aliphatic carbocycles. The zero-order valence-corrected chi connectivity index (χ0v) is 5.28. The molecule has 52 valence electrons. The summed E-state index contributed by atoms with van der Waals surface area (Å²) in [6, 6.07) is 0. The molecule has 2 atom stereocenters. The van der Waals surface area contributed by atoms with Crippen molar-refractivity contribution >= 4 is 12.6 Å². The van der Waals surface area contributed by atoms with Gasteiger partial charge in [-0.15, -0.1) is 0 Å². The van der Waals surface area contributed by atoms with Crippen LogP contribution in [-0.2, 0) is 9.59 Å². The van der Waals surface area contributed by atoms with Gasteiger partial charge in [-0.25, -0.2) is 0 Å². The molecule has 0 aromatic rings. The minimum Gasteiger partial charge on any atom is -0.385 e. The summed E-state index contributed by atoms with van der Waals surface area (Å²) in [6.07, 6.45) is 0.359. The van der Waals surface area contributed by atoms with E-state index in [-0.39, 0.29) is 0 Å². The molecule has 0 saturated carbocycles. The molecule has 0 heterocycles. The molecule has 3 heteroatoms. The highest BCUT2D eigenvalue weighted by atomic mass is 16.3. The fraction of sp³-hybridized carbons (Fsp3) is 0.667. The second-order valence-electron chi connectivity index (χ2n) is 1.83. The van der Waals surface area contributed by atoms with Gasteiger partial charge in [0.25, 0.3) is 0 Å². The van der Waals surface area contributed by atoms with Gasteiger partial charge < -0.3 is 14.7 Å². The fourth-order valence-electron chi connectivity index (χ4n) is 0.519. The van der Waals surface area contributed by atoms with Crippen molar-refractivity contribution in [3.8, 4) is 0 Å². The lowest BCUT2D eigenvalue weighted by Gasteiger charge is -2.07. The molecule has 0 fully saturated rings. The predicted octanol–water partition coefficient (Wildman–Crippen LogP) is -0.229. The molecule has 0 aliphatic rings. The molecule has 0 aliphatic heterocycles. The van der Waals surface area contributed by atoms with Crippen LogP contribution in [0.15, 0.2) is 0 Å². The Morgan fingerprint density at radius 1 is 1.44 bits per heavy atom. The SMILES string of the molecule is CCC(C=O)C(O)C=O. The molecular weight excluding hydrogens is 120 g/mol. The normalized spacial score (nSPS) is 16.2. The Kier molecular flexibility index (Phi) is 3.88. The standard InChI is InChI=1S/C6H10O3/c1-2-5(3-7)6(9)4-8/h3-6,9H,2H2,1H3. The van der Waals surface area contributed by atoms with Crippen LogP contribution < -0.4 is 0 Å². The van der Waals surface area contributed by atoms with E-state index in [0.29, 0.717) is 19.0 Å². The van der Waals surface area contributed by atoms with Crippen molar-refractivity contribution in [1.82, 2.24) is 0 Å². The van der Waals surface area contributed by atoms with E-state index in [0.717, 1.165) is 0 Å². The zero-order valence-electron chi connectivity index (χ0n) is 5.28. The van der Waals surface area contributed by atoms with Crippen LogP contribution in [0.1, 0.15) is 13.3 Å². The van der Waals surface area contributed by atoms with Crippen LogP contribution in [0, 0.1) is 5.92 Å². The van der Waals surface area contributed by atoms with Crippen LogP contribution in [0.25, 0.3) is 0 Å². The highest BCUT2D eigenvalue weighted by Crippen LogP contribution is 2.01. The predicted molar refractivity (Wildman–Crippen MR) is 31.9 cm³/mol.